The maximum atomic E-state index is 13.5. The van der Waals surface area contributed by atoms with Gasteiger partial charge in [-0.15, -0.1) is 0 Å². The summed E-state index contributed by atoms with van der Waals surface area (Å²) in [6.07, 6.45) is 0.898. The Morgan fingerprint density at radius 3 is 2.73 bits per heavy atom. The van der Waals surface area contributed by atoms with Crippen molar-refractivity contribution in [1.82, 2.24) is 5.32 Å². The van der Waals surface area contributed by atoms with Crippen molar-refractivity contribution in [3.8, 4) is 5.75 Å². The van der Waals surface area contributed by atoms with Crippen LogP contribution < -0.4 is 10.1 Å². The molecule has 1 aliphatic heterocycles. The fourth-order valence-electron chi connectivity index (χ4n) is 2.50. The normalized spacial score (nSPS) is 12.6. The molecule has 0 saturated heterocycles. The molecule has 0 aromatic heterocycles. The number of fused-ring (bicyclic) bond motifs is 1. The van der Waals surface area contributed by atoms with Gasteiger partial charge in [-0.2, -0.15) is 0 Å². The van der Waals surface area contributed by atoms with Crippen LogP contribution in [0.15, 0.2) is 36.4 Å². The molecule has 2 aromatic carbocycles. The highest BCUT2D eigenvalue weighted by Crippen LogP contribution is 2.25. The van der Waals surface area contributed by atoms with E-state index in [2.05, 4.69) is 5.32 Å². The molecule has 2 aromatic rings. The SMILES string of the molecule is O=C(NCCc1c(F)cccc1F)c1ccc2c(c1)CCO2. The summed E-state index contributed by atoms with van der Waals surface area (Å²) in [6, 6.07) is 8.99. The lowest BCUT2D eigenvalue weighted by atomic mass is 10.1. The minimum Gasteiger partial charge on any atom is -0.493 e. The Kier molecular flexibility index (Phi) is 4.04. The molecule has 0 fully saturated rings. The third-order valence-corrected chi connectivity index (χ3v) is 3.67. The Bertz CT molecular complexity index is 696. The van der Waals surface area contributed by atoms with Crippen molar-refractivity contribution in [3.63, 3.8) is 0 Å². The van der Waals surface area contributed by atoms with E-state index in [0.29, 0.717) is 12.2 Å². The van der Waals surface area contributed by atoms with Crippen molar-refractivity contribution in [2.45, 2.75) is 12.8 Å². The molecule has 3 nitrogen and oxygen atoms in total. The van der Waals surface area contributed by atoms with Crippen molar-refractivity contribution < 1.29 is 18.3 Å². The number of hydrogen-bond donors (Lipinski definition) is 1. The first-order chi connectivity index (χ1) is 10.6. The van der Waals surface area contributed by atoms with Gasteiger partial charge < -0.3 is 10.1 Å². The summed E-state index contributed by atoms with van der Waals surface area (Å²) in [7, 11) is 0. The second-order valence-corrected chi connectivity index (χ2v) is 5.13. The van der Waals surface area contributed by atoms with Crippen molar-refractivity contribution in [2.75, 3.05) is 13.2 Å². The number of halogens is 2. The molecule has 1 N–H and O–H groups in total. The third-order valence-electron chi connectivity index (χ3n) is 3.67. The van der Waals surface area contributed by atoms with Crippen LogP contribution in [0.25, 0.3) is 0 Å². The molecule has 1 aliphatic rings. The highest BCUT2D eigenvalue weighted by Gasteiger charge is 2.15. The van der Waals surface area contributed by atoms with E-state index in [4.69, 9.17) is 4.74 Å². The lowest BCUT2D eigenvalue weighted by molar-refractivity contribution is 0.0954. The monoisotopic (exact) mass is 303 g/mol. The van der Waals surface area contributed by atoms with Crippen LogP contribution in [-0.2, 0) is 12.8 Å². The van der Waals surface area contributed by atoms with Crippen molar-refractivity contribution >= 4 is 5.91 Å². The van der Waals surface area contributed by atoms with Gasteiger partial charge in [-0.3, -0.25) is 4.79 Å². The van der Waals surface area contributed by atoms with E-state index in [9.17, 15) is 13.6 Å². The lowest BCUT2D eigenvalue weighted by Crippen LogP contribution is -2.26. The molecule has 0 atom stereocenters. The predicted octanol–water partition coefficient (Wildman–Crippen LogP) is 2.87. The summed E-state index contributed by atoms with van der Waals surface area (Å²) >= 11 is 0. The fourth-order valence-corrected chi connectivity index (χ4v) is 2.50. The number of nitrogens with one attached hydrogen (secondary N) is 1. The summed E-state index contributed by atoms with van der Waals surface area (Å²) in [6.45, 7) is 0.803. The molecular formula is C17H15F2NO2. The zero-order valence-electron chi connectivity index (χ0n) is 11.9. The predicted molar refractivity (Wildman–Crippen MR) is 78.0 cm³/mol. The Balaban J connectivity index is 1.61. The fraction of sp³-hybridized carbons (Fsp3) is 0.235. The van der Waals surface area contributed by atoms with Crippen LogP contribution >= 0.6 is 0 Å². The molecule has 0 unspecified atom stereocenters. The van der Waals surface area contributed by atoms with Gasteiger partial charge in [0, 0.05) is 24.1 Å². The van der Waals surface area contributed by atoms with Crippen LogP contribution in [0.5, 0.6) is 5.75 Å². The van der Waals surface area contributed by atoms with Gasteiger partial charge in [0.15, 0.2) is 0 Å². The maximum Gasteiger partial charge on any atom is 0.251 e. The highest BCUT2D eigenvalue weighted by atomic mass is 19.1. The summed E-state index contributed by atoms with van der Waals surface area (Å²) in [5.74, 6) is -0.635. The Morgan fingerprint density at radius 2 is 1.95 bits per heavy atom. The number of amides is 1. The van der Waals surface area contributed by atoms with E-state index in [0.717, 1.165) is 17.7 Å². The zero-order chi connectivity index (χ0) is 15.5. The average molecular weight is 303 g/mol. The number of rotatable bonds is 4. The molecule has 114 valence electrons. The van der Waals surface area contributed by atoms with Gasteiger partial charge in [-0.05, 0) is 42.3 Å². The van der Waals surface area contributed by atoms with Gasteiger partial charge in [0.2, 0.25) is 0 Å². The molecule has 5 heteroatoms. The summed E-state index contributed by atoms with van der Waals surface area (Å²) in [4.78, 5) is 12.1. The van der Waals surface area contributed by atoms with E-state index in [-0.39, 0.29) is 24.4 Å². The number of ether oxygens (including phenoxy) is 1. The summed E-state index contributed by atoms with van der Waals surface area (Å²) < 4.78 is 32.3. The number of carbonyl (C=O) groups excluding carboxylic acids is 1. The second kappa shape index (κ2) is 6.13. The lowest BCUT2D eigenvalue weighted by Gasteiger charge is -2.08. The smallest absolute Gasteiger partial charge is 0.251 e. The topological polar surface area (TPSA) is 38.3 Å². The molecule has 0 bridgehead atoms. The van der Waals surface area contributed by atoms with Crippen LogP contribution in [0.4, 0.5) is 8.78 Å². The molecule has 0 radical (unpaired) electrons. The first-order valence-electron chi connectivity index (χ1n) is 7.12. The molecule has 1 amide bonds. The third kappa shape index (κ3) is 2.93. The van der Waals surface area contributed by atoms with E-state index in [1.165, 1.54) is 18.2 Å². The van der Waals surface area contributed by atoms with Gasteiger partial charge in [0.25, 0.3) is 5.91 Å². The summed E-state index contributed by atoms with van der Waals surface area (Å²) in [5.41, 5.74) is 1.52. The van der Waals surface area contributed by atoms with E-state index >= 15 is 0 Å². The summed E-state index contributed by atoms with van der Waals surface area (Å²) in [5, 5.41) is 2.68. The van der Waals surface area contributed by atoms with Crippen LogP contribution in [-0.4, -0.2) is 19.1 Å². The van der Waals surface area contributed by atoms with Gasteiger partial charge >= 0.3 is 0 Å². The molecule has 3 rings (SSSR count). The number of benzene rings is 2. The molecule has 22 heavy (non-hydrogen) atoms. The Morgan fingerprint density at radius 1 is 1.18 bits per heavy atom. The first kappa shape index (κ1) is 14.5. The van der Waals surface area contributed by atoms with Crippen LogP contribution in [0.1, 0.15) is 21.5 Å². The van der Waals surface area contributed by atoms with E-state index < -0.39 is 11.6 Å². The Labute approximate surface area is 126 Å². The minimum absolute atomic E-state index is 0.00912. The second-order valence-electron chi connectivity index (χ2n) is 5.13. The van der Waals surface area contributed by atoms with Crippen molar-refractivity contribution in [1.29, 1.82) is 0 Å². The first-order valence-corrected chi connectivity index (χ1v) is 7.12. The largest absolute Gasteiger partial charge is 0.493 e. The number of carbonyl (C=O) groups is 1. The highest BCUT2D eigenvalue weighted by molar-refractivity contribution is 5.94. The van der Waals surface area contributed by atoms with Crippen LogP contribution in [0, 0.1) is 11.6 Å². The quantitative estimate of drug-likeness (QED) is 0.943. The standard InChI is InChI=1S/C17H15F2NO2/c18-14-2-1-3-15(19)13(14)6-8-20-17(21)12-4-5-16-11(10-12)7-9-22-16/h1-5,10H,6-9H2,(H,20,21). The van der Waals surface area contributed by atoms with Crippen molar-refractivity contribution in [2.24, 2.45) is 0 Å². The van der Waals surface area contributed by atoms with E-state index in [1.807, 2.05) is 0 Å². The molecule has 0 aliphatic carbocycles. The van der Waals surface area contributed by atoms with Gasteiger partial charge in [-0.25, -0.2) is 8.78 Å². The molecule has 1 heterocycles. The van der Waals surface area contributed by atoms with E-state index in [1.54, 1.807) is 18.2 Å². The van der Waals surface area contributed by atoms with Gasteiger partial charge in [0.05, 0.1) is 6.61 Å². The Hall–Kier alpha value is -2.43. The van der Waals surface area contributed by atoms with Crippen LogP contribution in [0.2, 0.25) is 0 Å². The zero-order valence-corrected chi connectivity index (χ0v) is 11.9. The minimum atomic E-state index is -0.594. The molecule has 0 saturated carbocycles. The molecular weight excluding hydrogens is 288 g/mol. The maximum absolute atomic E-state index is 13.5. The van der Waals surface area contributed by atoms with Gasteiger partial charge in [0.1, 0.15) is 17.4 Å². The van der Waals surface area contributed by atoms with Crippen LogP contribution in [0.3, 0.4) is 0 Å². The van der Waals surface area contributed by atoms with Gasteiger partial charge in [-0.1, -0.05) is 6.07 Å². The van der Waals surface area contributed by atoms with Crippen molar-refractivity contribution in [3.05, 3.63) is 64.7 Å². The number of hydrogen-bond acceptors (Lipinski definition) is 2. The average Bonchev–Trinajstić information content (AvgIpc) is 2.97. The molecule has 0 spiro atoms.